The normalized spacial score (nSPS) is 15.6. The maximum atomic E-state index is 12.0. The van der Waals surface area contributed by atoms with Crippen LogP contribution in [0.15, 0.2) is 24.3 Å². The highest BCUT2D eigenvalue weighted by Crippen LogP contribution is 2.26. The van der Waals surface area contributed by atoms with Crippen LogP contribution in [0.25, 0.3) is 0 Å². The van der Waals surface area contributed by atoms with E-state index in [1.807, 2.05) is 5.32 Å². The monoisotopic (exact) mass is 356 g/mol. The molecule has 2 N–H and O–H groups in total. The molecule has 0 spiro atoms. The van der Waals surface area contributed by atoms with Gasteiger partial charge in [-0.15, -0.1) is 0 Å². The molecule has 0 bridgehead atoms. The molecular weight excluding hydrogens is 333 g/mol. The van der Waals surface area contributed by atoms with E-state index in [0.717, 1.165) is 12.8 Å². The molecule has 1 aliphatic carbocycles. The van der Waals surface area contributed by atoms with E-state index in [1.165, 1.54) is 19.3 Å². The van der Waals surface area contributed by atoms with Crippen molar-refractivity contribution in [1.82, 2.24) is 5.32 Å². The lowest BCUT2D eigenvalue weighted by atomic mass is 9.87. The standard InChI is InChI=1S/C18H23F3N2O2/c19-18(20,21)12-22-16(24)10-14-6-8-15(9-7-14)23-17(25)11-13-4-2-1-3-5-13/h6-9,13H,1-5,10-12H2,(H,22,24)(H,23,25). The Kier molecular flexibility index (Phi) is 6.84. The minimum atomic E-state index is -4.41. The summed E-state index contributed by atoms with van der Waals surface area (Å²) in [7, 11) is 0. The molecule has 1 aromatic carbocycles. The summed E-state index contributed by atoms with van der Waals surface area (Å²) in [6.07, 6.45) is 1.77. The maximum absolute atomic E-state index is 12.0. The highest BCUT2D eigenvalue weighted by Gasteiger charge is 2.27. The molecule has 0 aliphatic heterocycles. The Morgan fingerprint density at radius 2 is 1.64 bits per heavy atom. The first-order valence-electron chi connectivity index (χ1n) is 8.54. The second-order valence-electron chi connectivity index (χ2n) is 6.52. The smallest absolute Gasteiger partial charge is 0.347 e. The highest BCUT2D eigenvalue weighted by molar-refractivity contribution is 5.91. The van der Waals surface area contributed by atoms with E-state index in [9.17, 15) is 22.8 Å². The minimum absolute atomic E-state index is 0.0254. The molecule has 25 heavy (non-hydrogen) atoms. The van der Waals surface area contributed by atoms with E-state index in [2.05, 4.69) is 5.32 Å². The summed E-state index contributed by atoms with van der Waals surface area (Å²) in [5, 5.41) is 4.66. The van der Waals surface area contributed by atoms with E-state index < -0.39 is 18.6 Å². The lowest BCUT2D eigenvalue weighted by molar-refractivity contribution is -0.138. The first-order chi connectivity index (χ1) is 11.8. The second-order valence-corrected chi connectivity index (χ2v) is 6.52. The van der Waals surface area contributed by atoms with Crippen LogP contribution >= 0.6 is 0 Å². The molecule has 1 fully saturated rings. The zero-order valence-electron chi connectivity index (χ0n) is 14.0. The zero-order chi connectivity index (χ0) is 18.3. The molecule has 2 amide bonds. The van der Waals surface area contributed by atoms with Gasteiger partial charge in [0.25, 0.3) is 0 Å². The van der Waals surface area contributed by atoms with Crippen molar-refractivity contribution in [2.45, 2.75) is 51.1 Å². The number of anilines is 1. The minimum Gasteiger partial charge on any atom is -0.347 e. The predicted molar refractivity (Wildman–Crippen MR) is 89.0 cm³/mol. The molecular formula is C18H23F3N2O2. The van der Waals surface area contributed by atoms with Gasteiger partial charge in [0, 0.05) is 12.1 Å². The average molecular weight is 356 g/mol. The summed E-state index contributed by atoms with van der Waals surface area (Å²) >= 11 is 0. The molecule has 0 radical (unpaired) electrons. The van der Waals surface area contributed by atoms with Gasteiger partial charge in [-0.3, -0.25) is 9.59 Å². The number of benzene rings is 1. The van der Waals surface area contributed by atoms with Crippen LogP contribution in [-0.4, -0.2) is 24.5 Å². The summed E-state index contributed by atoms with van der Waals surface area (Å²) in [6.45, 7) is -1.33. The molecule has 138 valence electrons. The Hall–Kier alpha value is -2.05. The van der Waals surface area contributed by atoms with Gasteiger partial charge in [0.1, 0.15) is 6.54 Å². The Morgan fingerprint density at radius 3 is 2.24 bits per heavy atom. The van der Waals surface area contributed by atoms with Gasteiger partial charge in [0.15, 0.2) is 0 Å². The van der Waals surface area contributed by atoms with Gasteiger partial charge in [-0.05, 0) is 36.5 Å². The van der Waals surface area contributed by atoms with Crippen molar-refractivity contribution >= 4 is 17.5 Å². The van der Waals surface area contributed by atoms with Crippen molar-refractivity contribution in [3.63, 3.8) is 0 Å². The molecule has 0 aromatic heterocycles. The van der Waals surface area contributed by atoms with Gasteiger partial charge >= 0.3 is 6.18 Å². The number of nitrogens with one attached hydrogen (secondary N) is 2. The number of carbonyl (C=O) groups excluding carboxylic acids is 2. The highest BCUT2D eigenvalue weighted by atomic mass is 19.4. The Bertz CT molecular complexity index is 579. The SMILES string of the molecule is O=C(Cc1ccc(NC(=O)CC2CCCCC2)cc1)NCC(F)(F)F. The Labute approximate surface area is 145 Å². The van der Waals surface area contributed by atoms with Gasteiger partial charge < -0.3 is 10.6 Å². The molecule has 4 nitrogen and oxygen atoms in total. The van der Waals surface area contributed by atoms with Crippen LogP contribution in [0.1, 0.15) is 44.1 Å². The predicted octanol–water partition coefficient (Wildman–Crippen LogP) is 3.82. The van der Waals surface area contributed by atoms with Crippen molar-refractivity contribution < 1.29 is 22.8 Å². The van der Waals surface area contributed by atoms with Crippen molar-refractivity contribution in [2.24, 2.45) is 5.92 Å². The van der Waals surface area contributed by atoms with Gasteiger partial charge in [-0.2, -0.15) is 13.2 Å². The van der Waals surface area contributed by atoms with Crippen LogP contribution in [0.3, 0.4) is 0 Å². The number of amides is 2. The molecule has 0 saturated heterocycles. The Balaban J connectivity index is 1.77. The van der Waals surface area contributed by atoms with Crippen LogP contribution in [0.4, 0.5) is 18.9 Å². The van der Waals surface area contributed by atoms with Gasteiger partial charge in [-0.1, -0.05) is 31.4 Å². The van der Waals surface area contributed by atoms with Crippen LogP contribution in [0.5, 0.6) is 0 Å². The number of rotatable bonds is 6. The van der Waals surface area contributed by atoms with Crippen LogP contribution in [0.2, 0.25) is 0 Å². The fourth-order valence-corrected chi connectivity index (χ4v) is 3.02. The second kappa shape index (κ2) is 8.87. The summed E-state index contributed by atoms with van der Waals surface area (Å²) in [5.41, 5.74) is 1.21. The van der Waals surface area contributed by atoms with Gasteiger partial charge in [-0.25, -0.2) is 0 Å². The first-order valence-corrected chi connectivity index (χ1v) is 8.54. The van der Waals surface area contributed by atoms with Crippen LogP contribution in [0, 0.1) is 5.92 Å². The lowest BCUT2D eigenvalue weighted by Crippen LogP contribution is -2.34. The van der Waals surface area contributed by atoms with E-state index in [0.29, 0.717) is 23.6 Å². The summed E-state index contributed by atoms with van der Waals surface area (Å²) in [5.74, 6) is -0.265. The third-order valence-corrected chi connectivity index (χ3v) is 4.29. The van der Waals surface area contributed by atoms with Crippen molar-refractivity contribution in [1.29, 1.82) is 0 Å². The third-order valence-electron chi connectivity index (χ3n) is 4.29. The molecule has 0 unspecified atom stereocenters. The molecule has 1 saturated carbocycles. The fraction of sp³-hybridized carbons (Fsp3) is 0.556. The maximum Gasteiger partial charge on any atom is 0.405 e. The summed E-state index contributed by atoms with van der Waals surface area (Å²) in [4.78, 5) is 23.5. The van der Waals surface area contributed by atoms with Crippen LogP contribution < -0.4 is 10.6 Å². The third kappa shape index (κ3) is 7.58. The van der Waals surface area contributed by atoms with Crippen molar-refractivity contribution in [3.05, 3.63) is 29.8 Å². The Morgan fingerprint density at radius 1 is 1.00 bits per heavy atom. The summed E-state index contributed by atoms with van der Waals surface area (Å²) in [6, 6.07) is 6.57. The van der Waals surface area contributed by atoms with E-state index in [-0.39, 0.29) is 12.3 Å². The number of hydrogen-bond donors (Lipinski definition) is 2. The molecule has 1 aromatic rings. The zero-order valence-corrected chi connectivity index (χ0v) is 14.0. The van der Waals surface area contributed by atoms with E-state index >= 15 is 0 Å². The van der Waals surface area contributed by atoms with Gasteiger partial charge in [0.2, 0.25) is 11.8 Å². The molecule has 0 atom stereocenters. The van der Waals surface area contributed by atoms with Crippen molar-refractivity contribution in [3.8, 4) is 0 Å². The average Bonchev–Trinajstić information content (AvgIpc) is 2.55. The molecule has 1 aliphatic rings. The number of hydrogen-bond acceptors (Lipinski definition) is 2. The lowest BCUT2D eigenvalue weighted by Gasteiger charge is -2.20. The van der Waals surface area contributed by atoms with Crippen molar-refractivity contribution in [2.75, 3.05) is 11.9 Å². The first kappa shape index (κ1) is 19.3. The quantitative estimate of drug-likeness (QED) is 0.814. The largest absolute Gasteiger partial charge is 0.405 e. The molecule has 7 heteroatoms. The number of carbonyl (C=O) groups is 2. The molecule has 0 heterocycles. The van der Waals surface area contributed by atoms with Crippen LogP contribution in [-0.2, 0) is 16.0 Å². The topological polar surface area (TPSA) is 58.2 Å². The number of halogens is 3. The van der Waals surface area contributed by atoms with E-state index in [1.54, 1.807) is 24.3 Å². The van der Waals surface area contributed by atoms with Gasteiger partial charge in [0.05, 0.1) is 6.42 Å². The van der Waals surface area contributed by atoms with E-state index in [4.69, 9.17) is 0 Å². The summed E-state index contributed by atoms with van der Waals surface area (Å²) < 4.78 is 36.1. The number of alkyl halides is 3. The molecule has 2 rings (SSSR count). The fourth-order valence-electron chi connectivity index (χ4n) is 3.02.